The Kier molecular flexibility index (Phi) is 7.28. The molecule has 2 aromatic rings. The molecule has 6 nitrogen and oxygen atoms in total. The smallest absolute Gasteiger partial charge is 0.191 e. The zero-order valence-corrected chi connectivity index (χ0v) is 17.7. The summed E-state index contributed by atoms with van der Waals surface area (Å²) in [7, 11) is 3.68. The third kappa shape index (κ3) is 5.74. The lowest BCUT2D eigenvalue weighted by atomic mass is 10.1. The quantitative estimate of drug-likeness (QED) is 0.580. The minimum Gasteiger partial charge on any atom is -0.497 e. The average molecular weight is 372 g/mol. The number of methoxy groups -OCH3 is 1. The van der Waals surface area contributed by atoms with Gasteiger partial charge in [-0.15, -0.1) is 0 Å². The molecule has 2 N–H and O–H groups in total. The summed E-state index contributed by atoms with van der Waals surface area (Å²) in [6.45, 7) is 11.9. The first-order chi connectivity index (χ1) is 12.8. The fraction of sp³-hybridized carbons (Fsp3) is 0.524. The summed E-state index contributed by atoms with van der Waals surface area (Å²) in [5.74, 6) is 1.69. The van der Waals surface area contributed by atoms with Crippen molar-refractivity contribution in [2.75, 3.05) is 13.7 Å². The van der Waals surface area contributed by atoms with Crippen molar-refractivity contribution in [3.05, 3.63) is 46.3 Å². The van der Waals surface area contributed by atoms with E-state index in [0.29, 0.717) is 6.54 Å². The molecule has 1 unspecified atom stereocenters. The van der Waals surface area contributed by atoms with Crippen molar-refractivity contribution in [1.82, 2.24) is 20.4 Å². The Hall–Kier alpha value is -2.50. The maximum Gasteiger partial charge on any atom is 0.191 e. The highest BCUT2D eigenvalue weighted by Crippen LogP contribution is 2.17. The van der Waals surface area contributed by atoms with Gasteiger partial charge in [-0.05, 0) is 69.9 Å². The van der Waals surface area contributed by atoms with Crippen LogP contribution in [0.3, 0.4) is 0 Å². The van der Waals surface area contributed by atoms with E-state index >= 15 is 0 Å². The van der Waals surface area contributed by atoms with E-state index in [-0.39, 0.29) is 6.04 Å². The number of nitrogens with zero attached hydrogens (tertiary/aromatic N) is 3. The Morgan fingerprint density at radius 1 is 1.26 bits per heavy atom. The lowest BCUT2D eigenvalue weighted by molar-refractivity contribution is 0.414. The van der Waals surface area contributed by atoms with E-state index in [1.807, 2.05) is 23.9 Å². The van der Waals surface area contributed by atoms with Gasteiger partial charge in [0.25, 0.3) is 0 Å². The van der Waals surface area contributed by atoms with Crippen LogP contribution in [0.25, 0.3) is 0 Å². The highest BCUT2D eigenvalue weighted by molar-refractivity contribution is 5.80. The van der Waals surface area contributed by atoms with E-state index in [1.54, 1.807) is 7.11 Å². The highest BCUT2D eigenvalue weighted by Gasteiger charge is 2.14. The minimum atomic E-state index is 0.247. The second-order valence-corrected chi connectivity index (χ2v) is 7.08. The number of hydrogen-bond acceptors (Lipinski definition) is 3. The van der Waals surface area contributed by atoms with Gasteiger partial charge in [0.05, 0.1) is 19.3 Å². The molecule has 1 aromatic heterocycles. The molecule has 0 fully saturated rings. The van der Waals surface area contributed by atoms with Crippen molar-refractivity contribution in [2.24, 2.45) is 12.0 Å². The van der Waals surface area contributed by atoms with E-state index in [9.17, 15) is 0 Å². The van der Waals surface area contributed by atoms with Gasteiger partial charge in [-0.2, -0.15) is 5.10 Å². The molecular weight excluding hydrogens is 338 g/mol. The van der Waals surface area contributed by atoms with Crippen molar-refractivity contribution < 1.29 is 4.74 Å². The van der Waals surface area contributed by atoms with Gasteiger partial charge < -0.3 is 15.4 Å². The van der Waals surface area contributed by atoms with Crippen molar-refractivity contribution in [3.8, 4) is 5.75 Å². The molecule has 0 aliphatic rings. The second kappa shape index (κ2) is 9.44. The first-order valence-electron chi connectivity index (χ1n) is 9.52. The molecule has 0 aliphatic carbocycles. The molecule has 0 saturated heterocycles. The summed E-state index contributed by atoms with van der Waals surface area (Å²) in [6.07, 6.45) is 0.911. The van der Waals surface area contributed by atoms with Crippen LogP contribution >= 0.6 is 0 Å². The summed E-state index contributed by atoms with van der Waals surface area (Å²) in [5, 5.41) is 11.4. The maximum absolute atomic E-state index is 5.36. The van der Waals surface area contributed by atoms with Gasteiger partial charge >= 0.3 is 0 Å². The molecule has 0 amide bonds. The summed E-state index contributed by atoms with van der Waals surface area (Å²) in [5.41, 5.74) is 5.92. The van der Waals surface area contributed by atoms with E-state index in [4.69, 9.17) is 9.73 Å². The van der Waals surface area contributed by atoms with Crippen molar-refractivity contribution in [1.29, 1.82) is 0 Å². The van der Waals surface area contributed by atoms with E-state index in [2.05, 4.69) is 56.4 Å². The van der Waals surface area contributed by atoms with Crippen LogP contribution in [0.4, 0.5) is 0 Å². The summed E-state index contributed by atoms with van der Waals surface area (Å²) in [4.78, 5) is 4.75. The molecule has 6 heteroatoms. The van der Waals surface area contributed by atoms with E-state index < -0.39 is 0 Å². The van der Waals surface area contributed by atoms with Gasteiger partial charge in [-0.1, -0.05) is 6.07 Å². The largest absolute Gasteiger partial charge is 0.497 e. The number of rotatable bonds is 7. The zero-order chi connectivity index (χ0) is 20.0. The van der Waals surface area contributed by atoms with Crippen molar-refractivity contribution >= 4 is 5.96 Å². The topological polar surface area (TPSA) is 63.5 Å². The second-order valence-electron chi connectivity index (χ2n) is 7.08. The number of ether oxygens (including phenoxy) is 1. The van der Waals surface area contributed by atoms with E-state index in [0.717, 1.165) is 35.9 Å². The average Bonchev–Trinajstić information content (AvgIpc) is 2.85. The normalized spacial score (nSPS) is 12.8. The van der Waals surface area contributed by atoms with Gasteiger partial charge in [0.1, 0.15) is 5.75 Å². The number of guanidine groups is 1. The summed E-state index contributed by atoms with van der Waals surface area (Å²) < 4.78 is 7.30. The van der Waals surface area contributed by atoms with Crippen LogP contribution < -0.4 is 15.4 Å². The standard InChI is InChI=1S/C21H33N5O/c1-8-22-21(23-13-18-9-14(2)10-19(12-18)27-7)24-15(3)11-20-16(4)25-26(6)17(20)5/h9-10,12,15H,8,11,13H2,1-7H3,(H2,22,23,24). The molecule has 1 heterocycles. The van der Waals surface area contributed by atoms with Gasteiger partial charge in [0, 0.05) is 25.3 Å². The molecule has 1 aromatic carbocycles. The molecule has 0 aliphatic heterocycles. The third-order valence-electron chi connectivity index (χ3n) is 4.66. The van der Waals surface area contributed by atoms with Crippen LogP contribution in [0.15, 0.2) is 23.2 Å². The summed E-state index contributed by atoms with van der Waals surface area (Å²) in [6, 6.07) is 6.45. The SMILES string of the molecule is CCNC(=NCc1cc(C)cc(OC)c1)NC(C)Cc1c(C)nn(C)c1C. The lowest BCUT2D eigenvalue weighted by Gasteiger charge is -2.18. The van der Waals surface area contributed by atoms with Crippen LogP contribution in [0.2, 0.25) is 0 Å². The Bertz CT molecular complexity index is 794. The van der Waals surface area contributed by atoms with Crippen LogP contribution in [-0.2, 0) is 20.0 Å². The number of aromatic nitrogens is 2. The molecule has 148 valence electrons. The van der Waals surface area contributed by atoms with Crippen LogP contribution in [0.1, 0.15) is 41.9 Å². The molecule has 2 rings (SSSR count). The fourth-order valence-corrected chi connectivity index (χ4v) is 3.23. The first-order valence-corrected chi connectivity index (χ1v) is 9.52. The monoisotopic (exact) mass is 371 g/mol. The number of benzene rings is 1. The number of aliphatic imine (C=N–C) groups is 1. The minimum absolute atomic E-state index is 0.247. The molecule has 1 atom stereocenters. The lowest BCUT2D eigenvalue weighted by Crippen LogP contribution is -2.43. The summed E-state index contributed by atoms with van der Waals surface area (Å²) >= 11 is 0. The van der Waals surface area contributed by atoms with E-state index in [1.165, 1.54) is 16.8 Å². The van der Waals surface area contributed by atoms with Gasteiger partial charge in [0.2, 0.25) is 0 Å². The maximum atomic E-state index is 5.36. The Labute approximate surface area is 163 Å². The number of aryl methyl sites for hydroxylation is 3. The van der Waals surface area contributed by atoms with Gasteiger partial charge in [-0.3, -0.25) is 4.68 Å². The molecule has 27 heavy (non-hydrogen) atoms. The predicted molar refractivity (Wildman–Crippen MR) is 112 cm³/mol. The Morgan fingerprint density at radius 3 is 2.59 bits per heavy atom. The van der Waals surface area contributed by atoms with Crippen LogP contribution in [-0.4, -0.2) is 35.4 Å². The predicted octanol–water partition coefficient (Wildman–Crippen LogP) is 3.04. The Balaban J connectivity index is 2.07. The molecule has 0 saturated carbocycles. The molecule has 0 spiro atoms. The van der Waals surface area contributed by atoms with Crippen LogP contribution in [0, 0.1) is 20.8 Å². The number of nitrogens with one attached hydrogen (secondary N) is 2. The number of hydrogen-bond donors (Lipinski definition) is 2. The molecular formula is C21H33N5O. The zero-order valence-electron chi connectivity index (χ0n) is 17.7. The highest BCUT2D eigenvalue weighted by atomic mass is 16.5. The van der Waals surface area contributed by atoms with Crippen LogP contribution in [0.5, 0.6) is 5.75 Å². The van der Waals surface area contributed by atoms with Gasteiger partial charge in [-0.25, -0.2) is 4.99 Å². The third-order valence-corrected chi connectivity index (χ3v) is 4.66. The molecule has 0 bridgehead atoms. The van der Waals surface area contributed by atoms with Crippen molar-refractivity contribution in [3.63, 3.8) is 0 Å². The van der Waals surface area contributed by atoms with Gasteiger partial charge in [0.15, 0.2) is 5.96 Å². The first kappa shape index (κ1) is 20.8. The Morgan fingerprint density at radius 2 is 2.00 bits per heavy atom. The molecule has 0 radical (unpaired) electrons. The van der Waals surface area contributed by atoms with Crippen molar-refractivity contribution in [2.45, 2.75) is 53.6 Å². The fourth-order valence-electron chi connectivity index (χ4n) is 3.23.